The number of aliphatic carboxylic acids is 1. The lowest BCUT2D eigenvalue weighted by atomic mass is 9.91. The summed E-state index contributed by atoms with van der Waals surface area (Å²) in [5.41, 5.74) is 4.00. The normalized spacial score (nSPS) is 15.6. The predicted molar refractivity (Wildman–Crippen MR) is 302 cm³/mol. The van der Waals surface area contributed by atoms with Crippen LogP contribution in [0.25, 0.3) is 0 Å². The van der Waals surface area contributed by atoms with Crippen LogP contribution in [0, 0.1) is 13.8 Å². The van der Waals surface area contributed by atoms with Crippen LogP contribution in [0.5, 0.6) is 11.5 Å². The minimum Gasteiger partial charge on any atom is -0.489 e. The highest BCUT2D eigenvalue weighted by Crippen LogP contribution is 2.45. The zero-order chi connectivity index (χ0) is 60.6. The Kier molecular flexibility index (Phi) is 20.6. The molecule has 2 aliphatic carbocycles. The summed E-state index contributed by atoms with van der Waals surface area (Å²) in [5, 5.41) is 11.6. The van der Waals surface area contributed by atoms with Gasteiger partial charge in [0.05, 0.1) is 30.5 Å². The Balaban J connectivity index is 0.000000247. The molecular formula is C63H78F6N4O10. The van der Waals surface area contributed by atoms with Gasteiger partial charge in [0, 0.05) is 37.6 Å². The molecule has 20 heteroatoms. The average Bonchev–Trinajstić information content (AvgIpc) is 4.50. The first-order valence-corrected chi connectivity index (χ1v) is 28.6. The fraction of sp³-hybridized carbons (Fsp3) is 0.540. The van der Waals surface area contributed by atoms with Gasteiger partial charge in [0.25, 0.3) is 0 Å². The second-order valence-electron chi connectivity index (χ2n) is 23.9. The largest absolute Gasteiger partial charge is 0.489 e. The monoisotopic (exact) mass is 1160 g/mol. The third-order valence-electron chi connectivity index (χ3n) is 15.4. The Hall–Kier alpha value is -6.83. The highest BCUT2D eigenvalue weighted by atomic mass is 19.4. The molecule has 0 spiro atoms. The summed E-state index contributed by atoms with van der Waals surface area (Å²) in [6.07, 6.45) is -1.55. The van der Waals surface area contributed by atoms with Crippen molar-refractivity contribution in [1.29, 1.82) is 0 Å². The van der Waals surface area contributed by atoms with Gasteiger partial charge in [0.2, 0.25) is 11.8 Å². The molecule has 4 aromatic carbocycles. The lowest BCUT2D eigenvalue weighted by molar-refractivity contribution is -0.155. The Labute approximate surface area is 482 Å². The minimum atomic E-state index is -4.44. The molecule has 8 rings (SSSR count). The molecule has 4 aromatic rings. The van der Waals surface area contributed by atoms with E-state index in [0.717, 1.165) is 79.3 Å². The molecular weight excluding hydrogens is 1090 g/mol. The number of nitrogens with one attached hydrogen (secondary N) is 1. The van der Waals surface area contributed by atoms with Crippen molar-refractivity contribution in [2.24, 2.45) is 0 Å². The Morgan fingerprint density at radius 3 is 1.48 bits per heavy atom. The van der Waals surface area contributed by atoms with E-state index in [1.165, 1.54) is 17.0 Å². The van der Waals surface area contributed by atoms with Gasteiger partial charge in [-0.1, -0.05) is 49.9 Å². The predicted octanol–water partition coefficient (Wildman–Crippen LogP) is 13.3. The molecule has 3 amide bonds. The van der Waals surface area contributed by atoms with Gasteiger partial charge in [-0.25, -0.2) is 4.79 Å². The average molecular weight is 1170 g/mol. The van der Waals surface area contributed by atoms with E-state index in [4.69, 9.17) is 24.1 Å². The van der Waals surface area contributed by atoms with E-state index in [-0.39, 0.29) is 75.9 Å². The standard InChI is InChI=1S/C36H47F3N2O6.C27H31F3N2O4/c1-23-26-16-19-41(31(42)21-40(33(44)47-35(5,6)7)18-17-32(43)46-34(2,3)4)29(26)14-15-30(23)45-22-24-12-13-27(25-10-8-9-11-25)28(20-24)36(37,38)39;1-17-20-11-13-32(25(33)15-31-12-10-26(34)35)23(20)8-9-24(17)36-16-18-6-7-21(19-4-2-3-5-19)22(14-18)27(28,29)30/h12-15,20,25H,8-11,16-19,21-22H2,1-7H3;6-9,14,19,31H,2-5,10-13,15-16H2,1H3,(H,34,35). The summed E-state index contributed by atoms with van der Waals surface area (Å²) in [5.74, 6) is -0.893. The molecule has 83 heavy (non-hydrogen) atoms. The van der Waals surface area contributed by atoms with E-state index in [0.29, 0.717) is 65.4 Å². The first kappa shape index (κ1) is 63.7. The van der Waals surface area contributed by atoms with Crippen LogP contribution in [0.1, 0.15) is 173 Å². The Bertz CT molecular complexity index is 2990. The SMILES string of the molecule is Cc1c(OCc2ccc(C3CCCC3)c(C(F)(F)F)c2)ccc2c1CCN2C(=O)CN(CCC(=O)OC(C)(C)C)C(=O)OC(C)(C)C.Cc1c(OCc2ccc(C3CCCC3)c(C(F)(F)F)c2)ccc2c1CCN2C(=O)CNCCC(=O)O. The number of carboxylic acids is 1. The second-order valence-corrected chi connectivity index (χ2v) is 23.9. The number of nitrogens with zero attached hydrogens (tertiary/aromatic N) is 3. The summed E-state index contributed by atoms with van der Waals surface area (Å²) in [4.78, 5) is 66.6. The highest BCUT2D eigenvalue weighted by Gasteiger charge is 2.38. The number of carbonyl (C=O) groups is 5. The number of carboxylic acid groups (broad SMARTS) is 1. The number of alkyl halides is 6. The number of ether oxygens (including phenoxy) is 4. The lowest BCUT2D eigenvalue weighted by Gasteiger charge is -2.29. The molecule has 2 saturated carbocycles. The topological polar surface area (TPSA) is 164 Å². The van der Waals surface area contributed by atoms with Crippen molar-refractivity contribution in [3.63, 3.8) is 0 Å². The van der Waals surface area contributed by atoms with Crippen LogP contribution < -0.4 is 24.6 Å². The van der Waals surface area contributed by atoms with Gasteiger partial charge in [0.1, 0.15) is 42.5 Å². The van der Waals surface area contributed by atoms with Crippen LogP contribution in [0.3, 0.4) is 0 Å². The first-order valence-electron chi connectivity index (χ1n) is 28.6. The maximum absolute atomic E-state index is 14.0. The summed E-state index contributed by atoms with van der Waals surface area (Å²) in [6.45, 7) is 14.9. The van der Waals surface area contributed by atoms with Crippen LogP contribution in [-0.4, -0.2) is 90.3 Å². The van der Waals surface area contributed by atoms with Crippen molar-refractivity contribution in [1.82, 2.24) is 10.2 Å². The number of anilines is 2. The van der Waals surface area contributed by atoms with Crippen molar-refractivity contribution in [2.75, 3.05) is 49.1 Å². The number of rotatable bonds is 18. The fourth-order valence-corrected chi connectivity index (χ4v) is 11.4. The van der Waals surface area contributed by atoms with Crippen LogP contribution in [-0.2, 0) is 67.1 Å². The van der Waals surface area contributed by atoms with Crippen LogP contribution in [0.2, 0.25) is 0 Å². The van der Waals surface area contributed by atoms with Gasteiger partial charge in [-0.05, 0) is 187 Å². The number of esters is 1. The first-order chi connectivity index (χ1) is 39.0. The molecule has 452 valence electrons. The van der Waals surface area contributed by atoms with Crippen molar-refractivity contribution in [2.45, 2.75) is 181 Å². The molecule has 0 saturated heterocycles. The number of benzene rings is 4. The number of carbonyl (C=O) groups excluding carboxylic acids is 4. The number of halogens is 6. The zero-order valence-corrected chi connectivity index (χ0v) is 48.8. The Morgan fingerprint density at radius 1 is 0.614 bits per heavy atom. The van der Waals surface area contributed by atoms with E-state index in [1.54, 1.807) is 99.9 Å². The Morgan fingerprint density at radius 2 is 1.06 bits per heavy atom. The molecule has 0 atom stereocenters. The zero-order valence-electron chi connectivity index (χ0n) is 48.8. The third kappa shape index (κ3) is 17.2. The third-order valence-corrected chi connectivity index (χ3v) is 15.4. The van der Waals surface area contributed by atoms with Crippen LogP contribution in [0.15, 0.2) is 60.7 Å². The van der Waals surface area contributed by atoms with E-state index < -0.39 is 52.7 Å². The van der Waals surface area contributed by atoms with E-state index in [9.17, 15) is 50.3 Å². The van der Waals surface area contributed by atoms with Crippen molar-refractivity contribution >= 4 is 41.2 Å². The summed E-state index contributed by atoms with van der Waals surface area (Å²) < 4.78 is 106. The van der Waals surface area contributed by atoms with Crippen molar-refractivity contribution in [3.05, 3.63) is 116 Å². The molecule has 0 radical (unpaired) electrons. The second kappa shape index (κ2) is 26.8. The van der Waals surface area contributed by atoms with Gasteiger partial charge in [-0.3, -0.25) is 24.1 Å². The molecule has 0 unspecified atom stereocenters. The summed E-state index contributed by atoms with van der Waals surface area (Å²) >= 11 is 0. The van der Waals surface area contributed by atoms with E-state index >= 15 is 0 Å². The maximum Gasteiger partial charge on any atom is 0.416 e. The quantitative estimate of drug-likeness (QED) is 0.0553. The molecule has 0 bridgehead atoms. The maximum atomic E-state index is 14.0. The van der Waals surface area contributed by atoms with E-state index in [1.807, 2.05) is 13.8 Å². The number of hydrogen-bond acceptors (Lipinski definition) is 10. The van der Waals surface area contributed by atoms with Gasteiger partial charge in [-0.2, -0.15) is 26.3 Å². The molecule has 2 N–H and O–H groups in total. The minimum absolute atomic E-state index is 0.0177. The van der Waals surface area contributed by atoms with Gasteiger partial charge in [-0.15, -0.1) is 0 Å². The van der Waals surface area contributed by atoms with Crippen molar-refractivity contribution < 1.29 is 74.4 Å². The number of hydrogen-bond donors (Lipinski definition) is 2. The number of amides is 3. The van der Waals surface area contributed by atoms with Crippen LogP contribution in [0.4, 0.5) is 42.5 Å². The van der Waals surface area contributed by atoms with Crippen molar-refractivity contribution in [3.8, 4) is 11.5 Å². The smallest absolute Gasteiger partial charge is 0.416 e. The highest BCUT2D eigenvalue weighted by molar-refractivity contribution is 5.99. The molecule has 2 aliphatic heterocycles. The number of fused-ring (bicyclic) bond motifs is 2. The molecule has 0 aromatic heterocycles. The molecule has 2 fully saturated rings. The van der Waals surface area contributed by atoms with Gasteiger partial charge >= 0.3 is 30.4 Å². The summed E-state index contributed by atoms with van der Waals surface area (Å²) in [7, 11) is 0. The lowest BCUT2D eigenvalue weighted by Crippen LogP contribution is -2.45. The molecule has 14 nitrogen and oxygen atoms in total. The van der Waals surface area contributed by atoms with Gasteiger partial charge < -0.3 is 39.2 Å². The summed E-state index contributed by atoms with van der Waals surface area (Å²) in [6, 6.07) is 16.1. The van der Waals surface area contributed by atoms with E-state index in [2.05, 4.69) is 5.32 Å². The fourth-order valence-electron chi connectivity index (χ4n) is 11.4. The molecule has 4 aliphatic rings. The molecule has 2 heterocycles. The van der Waals surface area contributed by atoms with Crippen LogP contribution >= 0.6 is 0 Å². The van der Waals surface area contributed by atoms with Gasteiger partial charge in [0.15, 0.2) is 0 Å².